The number of carbonyl (C=O) groups excluding carboxylic acids is 2. The van der Waals surface area contributed by atoms with Gasteiger partial charge in [-0.1, -0.05) is 36.4 Å². The van der Waals surface area contributed by atoms with E-state index in [4.69, 9.17) is 0 Å². The van der Waals surface area contributed by atoms with Gasteiger partial charge in [0, 0.05) is 29.8 Å². The molecule has 0 unspecified atom stereocenters. The molecule has 32 heavy (non-hydrogen) atoms. The first-order valence-corrected chi connectivity index (χ1v) is 9.95. The van der Waals surface area contributed by atoms with Crippen molar-refractivity contribution in [3.63, 3.8) is 0 Å². The van der Waals surface area contributed by atoms with Crippen molar-refractivity contribution in [3.05, 3.63) is 94.7 Å². The number of aryl methyl sites for hydroxylation is 1. The van der Waals surface area contributed by atoms with Crippen LogP contribution in [0.25, 0.3) is 22.5 Å². The van der Waals surface area contributed by atoms with Crippen molar-refractivity contribution in [2.45, 2.75) is 13.5 Å². The fraction of sp³-hybridized carbons (Fsp3) is 0.0870. The van der Waals surface area contributed by atoms with E-state index in [9.17, 15) is 14.4 Å². The third kappa shape index (κ3) is 4.31. The molecule has 0 aliphatic rings. The lowest BCUT2D eigenvalue weighted by molar-refractivity contribution is -0.117. The Balaban J connectivity index is 1.44. The maximum atomic E-state index is 12.6. The van der Waals surface area contributed by atoms with E-state index in [0.29, 0.717) is 17.3 Å². The average Bonchev–Trinajstić information content (AvgIpc) is 3.31. The van der Waals surface area contributed by atoms with Crippen molar-refractivity contribution in [1.29, 1.82) is 0 Å². The van der Waals surface area contributed by atoms with Crippen molar-refractivity contribution in [1.82, 2.24) is 30.4 Å². The van der Waals surface area contributed by atoms with Crippen LogP contribution >= 0.6 is 0 Å². The van der Waals surface area contributed by atoms with Gasteiger partial charge < -0.3 is 0 Å². The topological polar surface area (TPSA) is 111 Å². The molecule has 4 rings (SSSR count). The number of hydrazine groups is 1. The van der Waals surface area contributed by atoms with Gasteiger partial charge in [0.05, 0.1) is 17.3 Å². The SMILES string of the molecule is CCn1nc(C(=O)NNC(=O)/C=C/c2cnn(-c3ccccc3)c2)c2ccccc2c1=O. The normalized spacial score (nSPS) is 11.0. The number of amides is 2. The Hall–Kier alpha value is -4.53. The summed E-state index contributed by atoms with van der Waals surface area (Å²) in [6, 6.07) is 16.3. The first kappa shape index (κ1) is 20.7. The van der Waals surface area contributed by atoms with Gasteiger partial charge >= 0.3 is 0 Å². The maximum Gasteiger partial charge on any atom is 0.290 e. The van der Waals surface area contributed by atoms with Crippen LogP contribution < -0.4 is 16.4 Å². The standard InChI is InChI=1S/C23H20N6O3/c1-2-28-23(32)19-11-7-6-10-18(19)21(27-28)22(31)26-25-20(30)13-12-16-14-24-29(15-16)17-8-4-3-5-9-17/h3-15H,2H2,1H3,(H,25,30)(H,26,31)/b13-12+. The molecule has 0 fully saturated rings. The summed E-state index contributed by atoms with van der Waals surface area (Å²) in [7, 11) is 0. The zero-order valence-corrected chi connectivity index (χ0v) is 17.2. The second-order valence-corrected chi connectivity index (χ2v) is 6.85. The average molecular weight is 428 g/mol. The quantitative estimate of drug-likeness (QED) is 0.373. The van der Waals surface area contributed by atoms with Gasteiger partial charge in [-0.05, 0) is 31.2 Å². The zero-order chi connectivity index (χ0) is 22.5. The minimum Gasteiger partial charge on any atom is -0.268 e. The molecule has 160 valence electrons. The molecule has 0 atom stereocenters. The second-order valence-electron chi connectivity index (χ2n) is 6.85. The molecule has 0 aliphatic carbocycles. The van der Waals surface area contributed by atoms with Gasteiger partial charge in [0.1, 0.15) is 0 Å². The van der Waals surface area contributed by atoms with E-state index in [0.717, 1.165) is 11.3 Å². The van der Waals surface area contributed by atoms with E-state index < -0.39 is 11.8 Å². The zero-order valence-electron chi connectivity index (χ0n) is 17.2. The van der Waals surface area contributed by atoms with Crippen molar-refractivity contribution >= 4 is 28.7 Å². The van der Waals surface area contributed by atoms with E-state index in [-0.39, 0.29) is 11.3 Å². The van der Waals surface area contributed by atoms with Crippen LogP contribution in [0.15, 0.2) is 77.9 Å². The number of nitrogens with zero attached hydrogens (tertiary/aromatic N) is 4. The minimum atomic E-state index is -0.623. The summed E-state index contributed by atoms with van der Waals surface area (Å²) >= 11 is 0. The first-order valence-electron chi connectivity index (χ1n) is 9.95. The number of nitrogens with one attached hydrogen (secondary N) is 2. The Bertz CT molecular complexity index is 1370. The number of benzene rings is 2. The van der Waals surface area contributed by atoms with Gasteiger partial charge in [0.25, 0.3) is 17.4 Å². The number of carbonyl (C=O) groups is 2. The molecule has 0 spiro atoms. The summed E-state index contributed by atoms with van der Waals surface area (Å²) in [6.45, 7) is 2.08. The van der Waals surface area contributed by atoms with Crippen LogP contribution in [0.1, 0.15) is 23.0 Å². The van der Waals surface area contributed by atoms with Crippen LogP contribution in [0, 0.1) is 0 Å². The maximum absolute atomic E-state index is 12.6. The molecule has 0 aliphatic heterocycles. The minimum absolute atomic E-state index is 0.0514. The van der Waals surface area contributed by atoms with Crippen LogP contribution in [0.4, 0.5) is 0 Å². The van der Waals surface area contributed by atoms with E-state index in [1.807, 2.05) is 30.3 Å². The Kier molecular flexibility index (Phi) is 5.89. The Morgan fingerprint density at radius 2 is 1.72 bits per heavy atom. The third-order valence-corrected chi connectivity index (χ3v) is 4.73. The van der Waals surface area contributed by atoms with E-state index >= 15 is 0 Å². The fourth-order valence-corrected chi connectivity index (χ4v) is 3.15. The molecule has 9 nitrogen and oxygen atoms in total. The second kappa shape index (κ2) is 9.09. The summed E-state index contributed by atoms with van der Waals surface area (Å²) in [5, 5.41) is 9.19. The number of aromatic nitrogens is 4. The monoisotopic (exact) mass is 428 g/mol. The van der Waals surface area contributed by atoms with Gasteiger partial charge in [0.2, 0.25) is 0 Å². The summed E-state index contributed by atoms with van der Waals surface area (Å²) in [5.41, 5.74) is 6.06. The predicted octanol–water partition coefficient (Wildman–Crippen LogP) is 2.08. The molecular weight excluding hydrogens is 408 g/mol. The molecule has 2 N–H and O–H groups in total. The lowest BCUT2D eigenvalue weighted by Crippen LogP contribution is -2.42. The summed E-state index contributed by atoms with van der Waals surface area (Å²) in [6.07, 6.45) is 6.27. The highest BCUT2D eigenvalue weighted by atomic mass is 16.2. The molecule has 2 aromatic heterocycles. The van der Waals surface area contributed by atoms with Crippen LogP contribution in [-0.4, -0.2) is 31.4 Å². The highest BCUT2D eigenvalue weighted by Crippen LogP contribution is 2.13. The Morgan fingerprint density at radius 1 is 1.00 bits per heavy atom. The summed E-state index contributed by atoms with van der Waals surface area (Å²) < 4.78 is 2.90. The number of para-hydroxylation sites is 1. The van der Waals surface area contributed by atoms with Crippen LogP contribution in [-0.2, 0) is 11.3 Å². The number of hydrogen-bond donors (Lipinski definition) is 2. The smallest absolute Gasteiger partial charge is 0.268 e. The molecule has 2 aromatic carbocycles. The Morgan fingerprint density at radius 3 is 2.47 bits per heavy atom. The fourth-order valence-electron chi connectivity index (χ4n) is 3.15. The molecule has 2 amide bonds. The van der Waals surface area contributed by atoms with Gasteiger partial charge in [-0.15, -0.1) is 0 Å². The van der Waals surface area contributed by atoms with Crippen LogP contribution in [0.3, 0.4) is 0 Å². The molecular formula is C23H20N6O3. The highest BCUT2D eigenvalue weighted by molar-refractivity contribution is 6.05. The molecule has 0 bridgehead atoms. The van der Waals surface area contributed by atoms with E-state index in [2.05, 4.69) is 21.0 Å². The molecule has 0 saturated heterocycles. The predicted molar refractivity (Wildman–Crippen MR) is 120 cm³/mol. The lowest BCUT2D eigenvalue weighted by Gasteiger charge is -2.10. The first-order chi connectivity index (χ1) is 15.6. The number of rotatable bonds is 5. The van der Waals surface area contributed by atoms with Crippen molar-refractivity contribution < 1.29 is 9.59 Å². The van der Waals surface area contributed by atoms with Crippen LogP contribution in [0.2, 0.25) is 0 Å². The molecule has 4 aromatic rings. The van der Waals surface area contributed by atoms with Gasteiger partial charge in [-0.3, -0.25) is 25.2 Å². The molecule has 2 heterocycles. The lowest BCUT2D eigenvalue weighted by atomic mass is 10.1. The summed E-state index contributed by atoms with van der Waals surface area (Å²) in [5.74, 6) is -1.15. The van der Waals surface area contributed by atoms with Crippen molar-refractivity contribution in [2.24, 2.45) is 0 Å². The Labute approximate surface area is 183 Å². The largest absolute Gasteiger partial charge is 0.290 e. The molecule has 9 heteroatoms. The van der Waals surface area contributed by atoms with E-state index in [1.54, 1.807) is 54.3 Å². The van der Waals surface area contributed by atoms with E-state index in [1.165, 1.54) is 10.8 Å². The molecule has 0 saturated carbocycles. The number of fused-ring (bicyclic) bond motifs is 1. The van der Waals surface area contributed by atoms with Gasteiger partial charge in [-0.2, -0.15) is 10.2 Å². The van der Waals surface area contributed by atoms with Gasteiger partial charge in [0.15, 0.2) is 5.69 Å². The summed E-state index contributed by atoms with van der Waals surface area (Å²) in [4.78, 5) is 37.2. The van der Waals surface area contributed by atoms with Crippen molar-refractivity contribution in [2.75, 3.05) is 0 Å². The molecule has 0 radical (unpaired) electrons. The van der Waals surface area contributed by atoms with Crippen LogP contribution in [0.5, 0.6) is 0 Å². The highest BCUT2D eigenvalue weighted by Gasteiger charge is 2.16. The number of hydrogen-bond acceptors (Lipinski definition) is 5. The third-order valence-electron chi connectivity index (χ3n) is 4.73. The van der Waals surface area contributed by atoms with Crippen molar-refractivity contribution in [3.8, 4) is 5.69 Å². The van der Waals surface area contributed by atoms with Gasteiger partial charge in [-0.25, -0.2) is 9.36 Å².